The molecule has 0 saturated carbocycles. The highest BCUT2D eigenvalue weighted by molar-refractivity contribution is 5.97. The van der Waals surface area contributed by atoms with Crippen molar-refractivity contribution in [2.45, 2.75) is 6.92 Å². The number of hydrogen-bond acceptors (Lipinski definition) is 4. The summed E-state index contributed by atoms with van der Waals surface area (Å²) in [4.78, 5) is 24.3. The first-order chi connectivity index (χ1) is 13.6. The zero-order valence-electron chi connectivity index (χ0n) is 15.4. The highest BCUT2D eigenvalue weighted by Gasteiger charge is 2.21. The van der Waals surface area contributed by atoms with Gasteiger partial charge in [-0.3, -0.25) is 4.79 Å². The summed E-state index contributed by atoms with van der Waals surface area (Å²) in [5.74, 6) is 1.20. The largest absolute Gasteiger partial charge is 0.452 e. The number of nitrogens with one attached hydrogen (secondary N) is 1. The van der Waals surface area contributed by atoms with Crippen molar-refractivity contribution < 1.29 is 14.3 Å². The second kappa shape index (κ2) is 8.69. The molecule has 28 heavy (non-hydrogen) atoms. The normalized spacial score (nSPS) is 10.1. The Balaban J connectivity index is 1.92. The van der Waals surface area contributed by atoms with E-state index in [0.29, 0.717) is 5.69 Å². The van der Waals surface area contributed by atoms with Gasteiger partial charge >= 0.3 is 5.97 Å². The molecular weight excluding hydrogens is 354 g/mol. The van der Waals surface area contributed by atoms with Crippen molar-refractivity contribution in [2.75, 3.05) is 13.2 Å². The maximum absolute atomic E-state index is 12.7. The number of benzene rings is 2. The Labute approximate surface area is 163 Å². The number of terminal acetylenes is 1. The van der Waals surface area contributed by atoms with Crippen molar-refractivity contribution in [1.82, 2.24) is 15.1 Å². The van der Waals surface area contributed by atoms with E-state index in [4.69, 9.17) is 11.2 Å². The lowest BCUT2D eigenvalue weighted by atomic mass is 10.1. The van der Waals surface area contributed by atoms with E-state index in [1.807, 2.05) is 61.5 Å². The van der Waals surface area contributed by atoms with Crippen LogP contribution in [-0.2, 0) is 9.53 Å². The van der Waals surface area contributed by atoms with Crippen molar-refractivity contribution in [2.24, 2.45) is 0 Å². The Kier molecular flexibility index (Phi) is 5.87. The first-order valence-corrected chi connectivity index (χ1v) is 8.68. The van der Waals surface area contributed by atoms with Crippen LogP contribution in [0.2, 0.25) is 0 Å². The second-order valence-corrected chi connectivity index (χ2v) is 6.10. The highest BCUT2D eigenvalue weighted by atomic mass is 16.5. The molecular formula is C22H19N3O3. The Morgan fingerprint density at radius 2 is 1.96 bits per heavy atom. The van der Waals surface area contributed by atoms with Crippen LogP contribution in [0, 0.1) is 19.3 Å². The van der Waals surface area contributed by atoms with E-state index in [1.54, 1.807) is 10.9 Å². The highest BCUT2D eigenvalue weighted by Crippen LogP contribution is 2.25. The Bertz CT molecular complexity index is 1030. The molecule has 6 heteroatoms. The molecule has 0 spiro atoms. The third-order valence-corrected chi connectivity index (χ3v) is 3.97. The first-order valence-electron chi connectivity index (χ1n) is 8.68. The summed E-state index contributed by atoms with van der Waals surface area (Å²) >= 11 is 0. The number of esters is 1. The van der Waals surface area contributed by atoms with E-state index in [0.717, 1.165) is 16.8 Å². The molecule has 1 aromatic heterocycles. The van der Waals surface area contributed by atoms with E-state index < -0.39 is 18.5 Å². The molecule has 1 amide bonds. The van der Waals surface area contributed by atoms with Crippen molar-refractivity contribution in [3.8, 4) is 29.3 Å². The second-order valence-electron chi connectivity index (χ2n) is 6.10. The molecule has 0 saturated heterocycles. The number of aryl methyl sites for hydroxylation is 1. The molecule has 140 valence electrons. The van der Waals surface area contributed by atoms with Gasteiger partial charge in [-0.05, 0) is 25.1 Å². The van der Waals surface area contributed by atoms with Crippen LogP contribution in [0.1, 0.15) is 15.9 Å². The van der Waals surface area contributed by atoms with Crippen LogP contribution in [0.5, 0.6) is 0 Å². The van der Waals surface area contributed by atoms with E-state index >= 15 is 0 Å². The molecule has 6 nitrogen and oxygen atoms in total. The summed E-state index contributed by atoms with van der Waals surface area (Å²) in [5.41, 5.74) is 3.40. The van der Waals surface area contributed by atoms with Crippen molar-refractivity contribution in [3.05, 3.63) is 71.9 Å². The molecule has 3 rings (SSSR count). The van der Waals surface area contributed by atoms with E-state index in [2.05, 4.69) is 16.3 Å². The fraction of sp³-hybridized carbons (Fsp3) is 0.136. The standard InChI is InChI=1S/C22H19N3O3/c1-3-12-23-20(26)15-28-22(27)19-14-25(18-10-5-4-6-11-18)24-21(19)17-9-7-8-16(2)13-17/h1,4-11,13-14H,12,15H2,2H3,(H,23,26). The topological polar surface area (TPSA) is 73.2 Å². The van der Waals surface area contributed by atoms with Gasteiger partial charge in [0.2, 0.25) is 0 Å². The average molecular weight is 373 g/mol. The van der Waals surface area contributed by atoms with E-state index in [1.165, 1.54) is 0 Å². The monoisotopic (exact) mass is 373 g/mol. The fourth-order valence-electron chi connectivity index (χ4n) is 2.65. The number of para-hydroxylation sites is 1. The van der Waals surface area contributed by atoms with E-state index in [-0.39, 0.29) is 12.1 Å². The maximum Gasteiger partial charge on any atom is 0.342 e. The number of aromatic nitrogens is 2. The molecule has 0 unspecified atom stereocenters. The third-order valence-electron chi connectivity index (χ3n) is 3.97. The Hall–Kier alpha value is -3.85. The predicted octanol–water partition coefficient (Wildman–Crippen LogP) is 2.75. The molecule has 0 aliphatic rings. The zero-order valence-corrected chi connectivity index (χ0v) is 15.4. The molecule has 0 fully saturated rings. The van der Waals surface area contributed by atoms with Crippen LogP contribution >= 0.6 is 0 Å². The number of rotatable bonds is 6. The zero-order chi connectivity index (χ0) is 19.9. The van der Waals surface area contributed by atoms with E-state index in [9.17, 15) is 9.59 Å². The minimum atomic E-state index is -0.630. The summed E-state index contributed by atoms with van der Waals surface area (Å²) in [5, 5.41) is 7.03. The molecule has 0 aliphatic carbocycles. The molecule has 0 aliphatic heterocycles. The van der Waals surface area contributed by atoms with Crippen molar-refractivity contribution >= 4 is 11.9 Å². The van der Waals surface area contributed by atoms with Gasteiger partial charge in [-0.25, -0.2) is 9.48 Å². The van der Waals surface area contributed by atoms with Gasteiger partial charge in [0, 0.05) is 11.8 Å². The van der Waals surface area contributed by atoms with Gasteiger partial charge in [-0.1, -0.05) is 47.9 Å². The van der Waals surface area contributed by atoms with Gasteiger partial charge in [-0.2, -0.15) is 5.10 Å². The van der Waals surface area contributed by atoms with Gasteiger partial charge in [-0.15, -0.1) is 6.42 Å². The molecule has 0 bridgehead atoms. The van der Waals surface area contributed by atoms with Gasteiger partial charge in [0.25, 0.3) is 5.91 Å². The summed E-state index contributed by atoms with van der Waals surface area (Å²) in [6, 6.07) is 17.1. The Morgan fingerprint density at radius 3 is 2.68 bits per heavy atom. The molecule has 3 aromatic rings. The van der Waals surface area contributed by atoms with Crippen LogP contribution in [-0.4, -0.2) is 34.8 Å². The summed E-state index contributed by atoms with van der Waals surface area (Å²) < 4.78 is 6.77. The van der Waals surface area contributed by atoms with Gasteiger partial charge in [0.1, 0.15) is 11.3 Å². The minimum absolute atomic E-state index is 0.0802. The molecule has 1 N–H and O–H groups in total. The fourth-order valence-corrected chi connectivity index (χ4v) is 2.65. The Morgan fingerprint density at radius 1 is 1.18 bits per heavy atom. The number of carbonyl (C=O) groups is 2. The molecule has 0 radical (unpaired) electrons. The quantitative estimate of drug-likeness (QED) is 0.533. The van der Waals surface area contributed by atoms with Gasteiger partial charge in [0.15, 0.2) is 6.61 Å². The SMILES string of the molecule is C#CCNC(=O)COC(=O)c1cn(-c2ccccc2)nc1-c1cccc(C)c1. The number of nitrogens with zero attached hydrogens (tertiary/aromatic N) is 2. The first kappa shape index (κ1) is 18.9. The molecule has 0 atom stereocenters. The van der Waals surface area contributed by atoms with Crippen LogP contribution in [0.25, 0.3) is 16.9 Å². The van der Waals surface area contributed by atoms with Crippen LogP contribution in [0.15, 0.2) is 60.8 Å². The lowest BCUT2D eigenvalue weighted by molar-refractivity contribution is -0.123. The van der Waals surface area contributed by atoms with Crippen molar-refractivity contribution in [1.29, 1.82) is 0 Å². The smallest absolute Gasteiger partial charge is 0.342 e. The van der Waals surface area contributed by atoms with Crippen molar-refractivity contribution in [3.63, 3.8) is 0 Å². The van der Waals surface area contributed by atoms with Gasteiger partial charge in [0.05, 0.1) is 12.2 Å². The number of hydrogen-bond donors (Lipinski definition) is 1. The van der Waals surface area contributed by atoms with Gasteiger partial charge < -0.3 is 10.1 Å². The average Bonchev–Trinajstić information content (AvgIpc) is 3.17. The summed E-state index contributed by atoms with van der Waals surface area (Å²) in [7, 11) is 0. The number of ether oxygens (including phenoxy) is 1. The molecule has 2 aromatic carbocycles. The lowest BCUT2D eigenvalue weighted by Gasteiger charge is -2.05. The predicted molar refractivity (Wildman–Crippen MR) is 106 cm³/mol. The third kappa shape index (κ3) is 4.46. The lowest BCUT2D eigenvalue weighted by Crippen LogP contribution is -2.29. The summed E-state index contributed by atoms with van der Waals surface area (Å²) in [6.45, 7) is 1.63. The molecule has 1 heterocycles. The number of carbonyl (C=O) groups excluding carboxylic acids is 2. The van der Waals surface area contributed by atoms with Crippen LogP contribution < -0.4 is 5.32 Å². The summed E-state index contributed by atoms with van der Waals surface area (Å²) in [6.07, 6.45) is 6.70. The van der Waals surface area contributed by atoms with Crippen LogP contribution in [0.3, 0.4) is 0 Å². The van der Waals surface area contributed by atoms with Crippen LogP contribution in [0.4, 0.5) is 0 Å². The number of amides is 1. The minimum Gasteiger partial charge on any atom is -0.452 e. The maximum atomic E-state index is 12.7.